The van der Waals surface area contributed by atoms with Crippen molar-refractivity contribution in [3.05, 3.63) is 69.8 Å². The van der Waals surface area contributed by atoms with E-state index < -0.39 is 34.6 Å². The average Bonchev–Trinajstić information content (AvgIpc) is 2.56. The van der Waals surface area contributed by atoms with Gasteiger partial charge in [-0.1, -0.05) is 18.2 Å². The molecule has 0 radical (unpaired) electrons. The Hall–Kier alpha value is -3.36. The van der Waals surface area contributed by atoms with E-state index in [9.17, 15) is 23.7 Å². The van der Waals surface area contributed by atoms with Crippen molar-refractivity contribution in [1.82, 2.24) is 5.43 Å². The van der Waals surface area contributed by atoms with E-state index in [-0.39, 0.29) is 11.4 Å². The molecule has 1 N–H and O–H groups in total. The number of nitro benzene ring substituents is 1. The Kier molecular flexibility index (Phi) is 5.50. The molecule has 2 aromatic rings. The Bertz CT molecular complexity index is 776. The van der Waals surface area contributed by atoms with Crippen molar-refractivity contribution in [2.45, 2.75) is 0 Å². The van der Waals surface area contributed by atoms with Crippen LogP contribution in [0, 0.1) is 21.7 Å². The van der Waals surface area contributed by atoms with Gasteiger partial charge in [0.25, 0.3) is 5.91 Å². The second-order valence-corrected chi connectivity index (χ2v) is 4.44. The third-order valence-electron chi connectivity index (χ3n) is 2.80. The smallest absolute Gasteiger partial charge is 0.310 e. The summed E-state index contributed by atoms with van der Waals surface area (Å²) in [5.41, 5.74) is 1.31. The maximum absolute atomic E-state index is 13.3. The van der Waals surface area contributed by atoms with Gasteiger partial charge in [-0.3, -0.25) is 14.9 Å². The minimum atomic E-state index is -0.829. The lowest BCUT2D eigenvalue weighted by atomic mass is 10.2. The molecule has 1 amide bonds. The van der Waals surface area contributed by atoms with Crippen LogP contribution in [0.1, 0.15) is 5.56 Å². The molecule has 0 saturated heterocycles. The quantitative estimate of drug-likeness (QED) is 0.498. The predicted molar refractivity (Wildman–Crippen MR) is 80.7 cm³/mol. The van der Waals surface area contributed by atoms with E-state index in [4.69, 9.17) is 4.74 Å². The number of hydrogen-bond donors (Lipinski definition) is 1. The molecule has 0 atom stereocenters. The first-order valence-electron chi connectivity index (χ1n) is 6.61. The first-order chi connectivity index (χ1) is 11.5. The van der Waals surface area contributed by atoms with E-state index in [0.29, 0.717) is 0 Å². The van der Waals surface area contributed by atoms with Crippen LogP contribution in [0.2, 0.25) is 0 Å². The zero-order chi connectivity index (χ0) is 17.5. The fourth-order valence-corrected chi connectivity index (χ4v) is 1.71. The maximum atomic E-state index is 13.3. The third kappa shape index (κ3) is 4.32. The lowest BCUT2D eigenvalue weighted by Crippen LogP contribution is -2.24. The van der Waals surface area contributed by atoms with E-state index in [1.807, 2.05) is 5.43 Å². The number of ether oxygens (including phenoxy) is 1. The van der Waals surface area contributed by atoms with Gasteiger partial charge in [-0.2, -0.15) is 5.10 Å². The number of nitro groups is 1. The van der Waals surface area contributed by atoms with Gasteiger partial charge in [-0.05, 0) is 18.2 Å². The van der Waals surface area contributed by atoms with Gasteiger partial charge in [0.2, 0.25) is 0 Å². The number of carbonyl (C=O) groups is 1. The summed E-state index contributed by atoms with van der Waals surface area (Å²) in [7, 11) is 0. The topological polar surface area (TPSA) is 93.8 Å². The van der Waals surface area contributed by atoms with Gasteiger partial charge in [-0.15, -0.1) is 0 Å². The molecular weight excluding hydrogens is 324 g/mol. The number of hydrazone groups is 1. The zero-order valence-corrected chi connectivity index (χ0v) is 12.1. The molecule has 124 valence electrons. The maximum Gasteiger partial charge on any atom is 0.310 e. The summed E-state index contributed by atoms with van der Waals surface area (Å²) >= 11 is 0. The summed E-state index contributed by atoms with van der Waals surface area (Å²) in [5.74, 6) is -2.49. The predicted octanol–water partition coefficient (Wildman–Crippen LogP) is 2.40. The number of nitrogens with one attached hydrogen (secondary N) is 1. The lowest BCUT2D eigenvalue weighted by Gasteiger charge is -2.05. The van der Waals surface area contributed by atoms with Crippen molar-refractivity contribution in [1.29, 1.82) is 0 Å². The first kappa shape index (κ1) is 17.0. The zero-order valence-electron chi connectivity index (χ0n) is 12.1. The van der Waals surface area contributed by atoms with Crippen molar-refractivity contribution in [2.75, 3.05) is 6.61 Å². The van der Waals surface area contributed by atoms with Crippen LogP contribution in [0.5, 0.6) is 5.75 Å². The van der Waals surface area contributed by atoms with Crippen LogP contribution in [0.15, 0.2) is 47.6 Å². The van der Waals surface area contributed by atoms with Gasteiger partial charge in [0.1, 0.15) is 11.6 Å². The van der Waals surface area contributed by atoms with Gasteiger partial charge in [0, 0.05) is 6.07 Å². The number of rotatable bonds is 6. The average molecular weight is 335 g/mol. The number of benzene rings is 2. The molecule has 0 saturated carbocycles. The monoisotopic (exact) mass is 335 g/mol. The highest BCUT2D eigenvalue weighted by Gasteiger charge is 2.14. The van der Waals surface area contributed by atoms with Crippen molar-refractivity contribution >= 4 is 17.8 Å². The van der Waals surface area contributed by atoms with Crippen LogP contribution in [0.3, 0.4) is 0 Å². The molecule has 0 aromatic heterocycles. The number of nitrogens with zero attached hydrogens (tertiary/aromatic N) is 2. The third-order valence-corrected chi connectivity index (χ3v) is 2.80. The molecule has 24 heavy (non-hydrogen) atoms. The summed E-state index contributed by atoms with van der Waals surface area (Å²) in [5, 5.41) is 14.2. The molecular formula is C15H11F2N3O4. The number of hydrogen-bond acceptors (Lipinski definition) is 5. The Morgan fingerprint density at radius 2 is 1.88 bits per heavy atom. The van der Waals surface area contributed by atoms with Crippen molar-refractivity contribution in [2.24, 2.45) is 5.10 Å². The lowest BCUT2D eigenvalue weighted by molar-refractivity contribution is -0.385. The summed E-state index contributed by atoms with van der Waals surface area (Å²) in [6.45, 7) is -0.554. The van der Waals surface area contributed by atoms with E-state index >= 15 is 0 Å². The van der Waals surface area contributed by atoms with Crippen LogP contribution in [-0.2, 0) is 4.79 Å². The summed E-state index contributed by atoms with van der Waals surface area (Å²) < 4.78 is 31.7. The number of para-hydroxylation sites is 2. The van der Waals surface area contributed by atoms with Crippen molar-refractivity contribution in [3.8, 4) is 5.75 Å². The second kappa shape index (κ2) is 7.77. The fraction of sp³-hybridized carbons (Fsp3) is 0.0667. The molecule has 0 spiro atoms. The highest BCUT2D eigenvalue weighted by atomic mass is 19.1. The highest BCUT2D eigenvalue weighted by Crippen LogP contribution is 2.25. The highest BCUT2D eigenvalue weighted by molar-refractivity contribution is 5.83. The van der Waals surface area contributed by atoms with Crippen molar-refractivity contribution < 1.29 is 23.2 Å². The molecule has 0 unspecified atom stereocenters. The van der Waals surface area contributed by atoms with E-state index in [1.165, 1.54) is 30.3 Å². The van der Waals surface area contributed by atoms with Crippen LogP contribution in [0.4, 0.5) is 14.5 Å². The molecule has 0 bridgehead atoms. The van der Waals surface area contributed by atoms with Crippen LogP contribution in [-0.4, -0.2) is 23.7 Å². The van der Waals surface area contributed by atoms with Gasteiger partial charge < -0.3 is 4.74 Å². The fourth-order valence-electron chi connectivity index (χ4n) is 1.71. The van der Waals surface area contributed by atoms with Crippen LogP contribution in [0.25, 0.3) is 0 Å². The number of carbonyl (C=O) groups excluding carboxylic acids is 1. The summed E-state index contributed by atoms with van der Waals surface area (Å²) in [6.07, 6.45) is 0.813. The van der Waals surface area contributed by atoms with Gasteiger partial charge in [0.05, 0.1) is 16.7 Å². The molecule has 0 aliphatic heterocycles. The molecule has 0 aliphatic carbocycles. The van der Waals surface area contributed by atoms with Gasteiger partial charge in [-0.25, -0.2) is 14.2 Å². The normalized spacial score (nSPS) is 10.6. The SMILES string of the molecule is O=C(COc1ccccc1[N+](=O)[O-])N/N=C\c1c(F)cccc1F. The minimum Gasteiger partial charge on any atom is -0.477 e. The Labute approximate surface area is 134 Å². The Morgan fingerprint density at radius 1 is 1.21 bits per heavy atom. The first-order valence-corrected chi connectivity index (χ1v) is 6.61. The molecule has 2 aromatic carbocycles. The second-order valence-electron chi connectivity index (χ2n) is 4.44. The number of halogens is 2. The van der Waals surface area contributed by atoms with E-state index in [2.05, 4.69) is 5.10 Å². The Balaban J connectivity index is 1.93. The van der Waals surface area contributed by atoms with Crippen LogP contribution < -0.4 is 10.2 Å². The standard InChI is InChI=1S/C15H11F2N3O4/c16-11-4-3-5-12(17)10(11)8-18-19-15(21)9-24-14-7-2-1-6-13(14)20(22)23/h1-8H,9H2,(H,19,21)/b18-8-. The van der Waals surface area contributed by atoms with Crippen LogP contribution >= 0.6 is 0 Å². The van der Waals surface area contributed by atoms with Crippen molar-refractivity contribution in [3.63, 3.8) is 0 Å². The number of amides is 1. The molecule has 0 heterocycles. The Morgan fingerprint density at radius 3 is 2.54 bits per heavy atom. The van der Waals surface area contributed by atoms with E-state index in [1.54, 1.807) is 0 Å². The molecule has 0 fully saturated rings. The molecule has 7 nitrogen and oxygen atoms in total. The molecule has 2 rings (SSSR count). The summed E-state index contributed by atoms with van der Waals surface area (Å²) in [6, 6.07) is 8.82. The van der Waals surface area contributed by atoms with E-state index in [0.717, 1.165) is 18.3 Å². The largest absolute Gasteiger partial charge is 0.477 e. The van der Waals surface area contributed by atoms with Gasteiger partial charge in [0.15, 0.2) is 12.4 Å². The minimum absolute atomic E-state index is 0.0817. The van der Waals surface area contributed by atoms with Gasteiger partial charge >= 0.3 is 5.69 Å². The molecule has 9 heteroatoms. The molecule has 0 aliphatic rings. The summed E-state index contributed by atoms with van der Waals surface area (Å²) in [4.78, 5) is 21.7.